The summed E-state index contributed by atoms with van der Waals surface area (Å²) in [6.07, 6.45) is 7.37. The zero-order chi connectivity index (χ0) is 17.2. The monoisotopic (exact) mass is 350 g/mol. The molecule has 1 aromatic carbocycles. The fraction of sp³-hybridized carbons (Fsp3) is 0.700. The second-order valence-electron chi connectivity index (χ2n) is 6.99. The average Bonchev–Trinajstić information content (AvgIpc) is 2.62. The van der Waals surface area contributed by atoms with Crippen molar-refractivity contribution >= 4 is 11.8 Å². The van der Waals surface area contributed by atoms with E-state index in [9.17, 15) is 0 Å². The highest BCUT2D eigenvalue weighted by molar-refractivity contribution is 7.98. The molecule has 0 unspecified atom stereocenters. The van der Waals surface area contributed by atoms with Gasteiger partial charge in [0.25, 0.3) is 0 Å². The third-order valence-electron chi connectivity index (χ3n) is 5.04. The molecule has 1 aromatic rings. The first-order chi connectivity index (χ1) is 11.7. The average molecular weight is 351 g/mol. The summed E-state index contributed by atoms with van der Waals surface area (Å²) < 4.78 is 5.22. The van der Waals surface area contributed by atoms with Gasteiger partial charge in [0.05, 0.1) is 7.11 Å². The van der Waals surface area contributed by atoms with Crippen LogP contribution in [0.1, 0.15) is 24.8 Å². The molecule has 1 fully saturated rings. The maximum atomic E-state index is 5.22. The molecule has 0 radical (unpaired) electrons. The van der Waals surface area contributed by atoms with Crippen LogP contribution in [0.2, 0.25) is 0 Å². The SMILES string of the molecule is COc1ccc(CCN2CCC(CN(C)CCCSC)CC2)cc1. The van der Waals surface area contributed by atoms with E-state index in [1.165, 1.54) is 63.3 Å². The molecule has 0 spiro atoms. The molecule has 0 aliphatic carbocycles. The van der Waals surface area contributed by atoms with Gasteiger partial charge in [0.1, 0.15) is 5.75 Å². The van der Waals surface area contributed by atoms with Crippen LogP contribution in [0, 0.1) is 5.92 Å². The van der Waals surface area contributed by atoms with E-state index in [-0.39, 0.29) is 0 Å². The Morgan fingerprint density at radius 1 is 1.21 bits per heavy atom. The molecule has 1 aliphatic heterocycles. The molecular weight excluding hydrogens is 316 g/mol. The Hall–Kier alpha value is -0.710. The van der Waals surface area contributed by atoms with Gasteiger partial charge < -0.3 is 14.5 Å². The summed E-state index contributed by atoms with van der Waals surface area (Å²) in [5, 5.41) is 0. The molecule has 0 aromatic heterocycles. The Morgan fingerprint density at radius 2 is 1.92 bits per heavy atom. The third-order valence-corrected chi connectivity index (χ3v) is 5.74. The van der Waals surface area contributed by atoms with E-state index in [0.29, 0.717) is 0 Å². The summed E-state index contributed by atoms with van der Waals surface area (Å²) in [5.74, 6) is 3.12. The molecule has 0 bridgehead atoms. The van der Waals surface area contributed by atoms with Crippen LogP contribution in [0.3, 0.4) is 0 Å². The Morgan fingerprint density at radius 3 is 2.54 bits per heavy atom. The van der Waals surface area contributed by atoms with Crippen LogP contribution in [0.15, 0.2) is 24.3 Å². The summed E-state index contributed by atoms with van der Waals surface area (Å²) in [7, 11) is 4.01. The lowest BCUT2D eigenvalue weighted by molar-refractivity contribution is 0.156. The van der Waals surface area contributed by atoms with Crippen LogP contribution in [-0.4, -0.2) is 68.7 Å². The van der Waals surface area contributed by atoms with E-state index in [2.05, 4.69) is 47.4 Å². The molecular formula is C20H34N2OS. The molecule has 1 saturated heterocycles. The quantitative estimate of drug-likeness (QED) is 0.599. The van der Waals surface area contributed by atoms with E-state index in [0.717, 1.165) is 18.1 Å². The first-order valence-corrected chi connectivity index (χ1v) is 10.6. The highest BCUT2D eigenvalue weighted by atomic mass is 32.2. The minimum absolute atomic E-state index is 0.890. The number of thioether (sulfide) groups is 1. The molecule has 0 atom stereocenters. The smallest absolute Gasteiger partial charge is 0.118 e. The lowest BCUT2D eigenvalue weighted by Crippen LogP contribution is -2.38. The second kappa shape index (κ2) is 11.0. The molecule has 1 aliphatic rings. The highest BCUT2D eigenvalue weighted by Gasteiger charge is 2.20. The highest BCUT2D eigenvalue weighted by Crippen LogP contribution is 2.19. The fourth-order valence-electron chi connectivity index (χ4n) is 3.48. The zero-order valence-corrected chi connectivity index (χ0v) is 16.5. The number of likely N-dealkylation sites (tertiary alicyclic amines) is 1. The van der Waals surface area contributed by atoms with Crippen molar-refractivity contribution in [2.75, 3.05) is 58.9 Å². The van der Waals surface area contributed by atoms with Crippen molar-refractivity contribution in [3.63, 3.8) is 0 Å². The van der Waals surface area contributed by atoms with Crippen LogP contribution in [0.4, 0.5) is 0 Å². The number of methoxy groups -OCH3 is 1. The van der Waals surface area contributed by atoms with Gasteiger partial charge in [0.2, 0.25) is 0 Å². The van der Waals surface area contributed by atoms with Crippen molar-refractivity contribution in [2.45, 2.75) is 25.7 Å². The van der Waals surface area contributed by atoms with Crippen molar-refractivity contribution in [2.24, 2.45) is 5.92 Å². The van der Waals surface area contributed by atoms with Crippen molar-refractivity contribution in [1.29, 1.82) is 0 Å². The third kappa shape index (κ3) is 7.04. The predicted molar refractivity (Wildman–Crippen MR) is 106 cm³/mol. The van der Waals surface area contributed by atoms with E-state index in [1.54, 1.807) is 7.11 Å². The number of rotatable bonds is 10. The summed E-state index contributed by atoms with van der Waals surface area (Å²) in [4.78, 5) is 5.17. The lowest BCUT2D eigenvalue weighted by atomic mass is 9.96. The van der Waals surface area contributed by atoms with Crippen molar-refractivity contribution in [3.8, 4) is 5.75 Å². The Kier molecular flexibility index (Phi) is 9.00. The van der Waals surface area contributed by atoms with Gasteiger partial charge >= 0.3 is 0 Å². The van der Waals surface area contributed by atoms with Crippen molar-refractivity contribution in [1.82, 2.24) is 9.80 Å². The first-order valence-electron chi connectivity index (χ1n) is 9.24. The minimum Gasteiger partial charge on any atom is -0.497 e. The van der Waals surface area contributed by atoms with Crippen LogP contribution in [0.5, 0.6) is 5.75 Å². The Labute approximate surface area is 152 Å². The Bertz CT molecular complexity index is 443. The van der Waals surface area contributed by atoms with Gasteiger partial charge in [0, 0.05) is 13.1 Å². The van der Waals surface area contributed by atoms with Gasteiger partial charge in [-0.05, 0) is 88.0 Å². The Balaban J connectivity index is 1.61. The topological polar surface area (TPSA) is 15.7 Å². The first kappa shape index (κ1) is 19.6. The lowest BCUT2D eigenvalue weighted by Gasteiger charge is -2.34. The van der Waals surface area contributed by atoms with Gasteiger partial charge in [0.15, 0.2) is 0 Å². The largest absolute Gasteiger partial charge is 0.497 e. The number of hydrogen-bond acceptors (Lipinski definition) is 4. The zero-order valence-electron chi connectivity index (χ0n) is 15.7. The normalized spacial score (nSPS) is 16.7. The van der Waals surface area contributed by atoms with Gasteiger partial charge in [-0.25, -0.2) is 0 Å². The second-order valence-corrected chi connectivity index (χ2v) is 7.98. The number of piperidine rings is 1. The minimum atomic E-state index is 0.890. The molecule has 136 valence electrons. The summed E-state index contributed by atoms with van der Waals surface area (Å²) >= 11 is 1.96. The van der Waals surface area contributed by atoms with Crippen molar-refractivity contribution in [3.05, 3.63) is 29.8 Å². The molecule has 4 heteroatoms. The maximum absolute atomic E-state index is 5.22. The van der Waals surface area contributed by atoms with E-state index in [1.807, 2.05) is 11.8 Å². The van der Waals surface area contributed by atoms with Crippen LogP contribution in [-0.2, 0) is 6.42 Å². The van der Waals surface area contributed by atoms with Gasteiger partial charge in [-0.2, -0.15) is 11.8 Å². The van der Waals surface area contributed by atoms with Crippen LogP contribution < -0.4 is 4.74 Å². The van der Waals surface area contributed by atoms with Gasteiger partial charge in [-0.3, -0.25) is 0 Å². The van der Waals surface area contributed by atoms with Crippen LogP contribution in [0.25, 0.3) is 0 Å². The molecule has 0 N–H and O–H groups in total. The number of ether oxygens (including phenoxy) is 1. The van der Waals surface area contributed by atoms with E-state index >= 15 is 0 Å². The number of nitrogens with zero attached hydrogens (tertiary/aromatic N) is 2. The maximum Gasteiger partial charge on any atom is 0.118 e. The molecule has 2 rings (SSSR count). The van der Waals surface area contributed by atoms with E-state index < -0.39 is 0 Å². The van der Waals surface area contributed by atoms with Crippen molar-refractivity contribution < 1.29 is 4.74 Å². The fourth-order valence-corrected chi connectivity index (χ4v) is 3.90. The molecule has 0 amide bonds. The van der Waals surface area contributed by atoms with Crippen LogP contribution >= 0.6 is 11.8 Å². The standard InChI is InChI=1S/C20H34N2OS/c1-21(12-4-16-24-3)17-19-10-14-22(15-11-19)13-9-18-5-7-20(23-2)8-6-18/h5-8,19H,4,9-17H2,1-3H3. The molecule has 24 heavy (non-hydrogen) atoms. The number of hydrogen-bond donors (Lipinski definition) is 0. The number of benzene rings is 1. The molecule has 1 heterocycles. The van der Waals surface area contributed by atoms with Gasteiger partial charge in [-0.1, -0.05) is 12.1 Å². The summed E-state index contributed by atoms with van der Waals surface area (Å²) in [6.45, 7) is 6.24. The predicted octanol–water partition coefficient (Wildman–Crippen LogP) is 3.63. The van der Waals surface area contributed by atoms with Gasteiger partial charge in [-0.15, -0.1) is 0 Å². The molecule has 0 saturated carbocycles. The summed E-state index contributed by atoms with van der Waals surface area (Å²) in [5.41, 5.74) is 1.41. The molecule has 3 nitrogen and oxygen atoms in total. The van der Waals surface area contributed by atoms with E-state index in [4.69, 9.17) is 4.74 Å². The summed E-state index contributed by atoms with van der Waals surface area (Å²) in [6, 6.07) is 8.51.